The van der Waals surface area contributed by atoms with Crippen molar-refractivity contribution in [3.05, 3.63) is 58.4 Å². The van der Waals surface area contributed by atoms with Crippen LogP contribution in [0.3, 0.4) is 0 Å². The number of aromatic nitrogens is 1. The number of benzene rings is 1. The highest BCUT2D eigenvalue weighted by Gasteiger charge is 2.31. The van der Waals surface area contributed by atoms with Crippen LogP contribution in [0.25, 0.3) is 0 Å². The van der Waals surface area contributed by atoms with Crippen molar-refractivity contribution in [2.24, 2.45) is 0 Å². The second-order valence-electron chi connectivity index (χ2n) is 4.37. The zero-order chi connectivity index (χ0) is 17.2. The van der Waals surface area contributed by atoms with Crippen LogP contribution in [-0.2, 0) is 6.18 Å². The zero-order valence-corrected chi connectivity index (χ0v) is 11.9. The highest BCUT2D eigenvalue weighted by atomic mass is 35.5. The van der Waals surface area contributed by atoms with Crippen LogP contribution in [0.4, 0.5) is 18.9 Å². The summed E-state index contributed by atoms with van der Waals surface area (Å²) in [6.45, 7) is 0. The van der Waals surface area contributed by atoms with E-state index in [9.17, 15) is 22.8 Å². The largest absolute Gasteiger partial charge is 0.478 e. The van der Waals surface area contributed by atoms with Crippen LogP contribution in [0.15, 0.2) is 36.7 Å². The van der Waals surface area contributed by atoms with Crippen molar-refractivity contribution < 1.29 is 27.9 Å². The number of pyridine rings is 1. The van der Waals surface area contributed by atoms with E-state index in [4.69, 9.17) is 16.7 Å². The van der Waals surface area contributed by atoms with Gasteiger partial charge in [0.2, 0.25) is 0 Å². The number of hydrogen-bond acceptors (Lipinski definition) is 3. The van der Waals surface area contributed by atoms with Gasteiger partial charge in [-0.05, 0) is 24.3 Å². The van der Waals surface area contributed by atoms with E-state index in [0.717, 1.165) is 24.4 Å². The molecule has 0 saturated carbocycles. The summed E-state index contributed by atoms with van der Waals surface area (Å²) in [7, 11) is 0. The highest BCUT2D eigenvalue weighted by molar-refractivity contribution is 6.34. The molecule has 1 aromatic carbocycles. The summed E-state index contributed by atoms with van der Waals surface area (Å²) < 4.78 is 38.1. The van der Waals surface area contributed by atoms with E-state index in [-0.39, 0.29) is 21.8 Å². The first-order chi connectivity index (χ1) is 10.7. The Morgan fingerprint density at radius 2 is 1.87 bits per heavy atom. The van der Waals surface area contributed by atoms with Gasteiger partial charge in [0.15, 0.2) is 0 Å². The number of anilines is 1. The quantitative estimate of drug-likeness (QED) is 0.889. The molecule has 0 aliphatic carbocycles. The van der Waals surface area contributed by atoms with Crippen LogP contribution in [0.2, 0.25) is 5.02 Å². The third kappa shape index (κ3) is 3.78. The molecular formula is C14H8ClF3N2O3. The van der Waals surface area contributed by atoms with Gasteiger partial charge in [-0.2, -0.15) is 13.2 Å². The van der Waals surface area contributed by atoms with Gasteiger partial charge in [0, 0.05) is 12.4 Å². The molecule has 0 radical (unpaired) electrons. The van der Waals surface area contributed by atoms with E-state index >= 15 is 0 Å². The first-order valence-corrected chi connectivity index (χ1v) is 6.43. The molecule has 0 bridgehead atoms. The minimum absolute atomic E-state index is 0.114. The van der Waals surface area contributed by atoms with Crippen molar-refractivity contribution in [2.45, 2.75) is 6.18 Å². The number of carboxylic acids is 1. The maximum Gasteiger partial charge on any atom is 0.416 e. The number of carbonyl (C=O) groups excluding carboxylic acids is 1. The lowest BCUT2D eigenvalue weighted by atomic mass is 10.1. The lowest BCUT2D eigenvalue weighted by Gasteiger charge is -2.12. The summed E-state index contributed by atoms with van der Waals surface area (Å²) in [6, 6.07) is 3.57. The number of hydrogen-bond donors (Lipinski definition) is 2. The standard InChI is InChI=1S/C14H8ClF3N2O3/c15-10-2-1-7(14(16,17)18)5-11(10)20-12(21)8-3-4-19-6-9(8)13(22)23/h1-6H,(H,20,21)(H,22,23). The summed E-state index contributed by atoms with van der Waals surface area (Å²) in [5, 5.41) is 11.0. The minimum Gasteiger partial charge on any atom is -0.478 e. The molecule has 5 nitrogen and oxygen atoms in total. The summed E-state index contributed by atoms with van der Waals surface area (Å²) in [5.74, 6) is -2.30. The molecule has 9 heteroatoms. The number of halogens is 4. The molecule has 0 aliphatic heterocycles. The number of carboxylic acid groups (broad SMARTS) is 1. The lowest BCUT2D eigenvalue weighted by molar-refractivity contribution is -0.137. The second kappa shape index (κ2) is 6.25. The first-order valence-electron chi connectivity index (χ1n) is 6.05. The summed E-state index contributed by atoms with van der Waals surface area (Å²) in [4.78, 5) is 26.7. The third-order valence-corrected chi connectivity index (χ3v) is 3.17. The van der Waals surface area contributed by atoms with E-state index in [1.807, 2.05) is 0 Å². The second-order valence-corrected chi connectivity index (χ2v) is 4.78. The molecule has 1 heterocycles. The van der Waals surface area contributed by atoms with Crippen LogP contribution in [0.1, 0.15) is 26.3 Å². The van der Waals surface area contributed by atoms with Crippen molar-refractivity contribution in [3.8, 4) is 0 Å². The molecule has 2 rings (SSSR count). The van der Waals surface area contributed by atoms with Crippen LogP contribution >= 0.6 is 11.6 Å². The Hall–Kier alpha value is -2.61. The zero-order valence-electron chi connectivity index (χ0n) is 11.2. The molecule has 0 saturated heterocycles. The number of carbonyl (C=O) groups is 2. The fourth-order valence-corrected chi connectivity index (χ4v) is 1.91. The van der Waals surface area contributed by atoms with Gasteiger partial charge in [-0.15, -0.1) is 0 Å². The number of nitrogens with one attached hydrogen (secondary N) is 1. The van der Waals surface area contributed by atoms with E-state index in [1.54, 1.807) is 0 Å². The summed E-state index contributed by atoms with van der Waals surface area (Å²) in [6.07, 6.45) is -2.45. The monoisotopic (exact) mass is 344 g/mol. The Kier molecular flexibility index (Phi) is 4.55. The van der Waals surface area contributed by atoms with Gasteiger partial charge in [0.25, 0.3) is 5.91 Å². The summed E-state index contributed by atoms with van der Waals surface area (Å²) in [5.41, 5.74) is -1.90. The normalized spacial score (nSPS) is 11.1. The first kappa shape index (κ1) is 16.8. The minimum atomic E-state index is -4.60. The molecular weight excluding hydrogens is 337 g/mol. The van der Waals surface area contributed by atoms with Gasteiger partial charge in [-0.1, -0.05) is 11.6 Å². The Morgan fingerprint density at radius 1 is 1.17 bits per heavy atom. The van der Waals surface area contributed by atoms with Crippen molar-refractivity contribution in [1.29, 1.82) is 0 Å². The SMILES string of the molecule is O=C(O)c1cnccc1C(=O)Nc1cc(C(F)(F)F)ccc1Cl. The number of nitrogens with zero attached hydrogens (tertiary/aromatic N) is 1. The van der Waals surface area contributed by atoms with Crippen molar-refractivity contribution in [2.75, 3.05) is 5.32 Å². The van der Waals surface area contributed by atoms with Gasteiger partial charge < -0.3 is 10.4 Å². The molecule has 2 aromatic rings. The van der Waals surface area contributed by atoms with Crippen molar-refractivity contribution in [3.63, 3.8) is 0 Å². The maximum atomic E-state index is 12.7. The third-order valence-electron chi connectivity index (χ3n) is 2.84. The number of aromatic carboxylic acids is 1. The predicted octanol–water partition coefficient (Wildman–Crippen LogP) is 3.70. The van der Waals surface area contributed by atoms with E-state index in [0.29, 0.717) is 6.07 Å². The van der Waals surface area contributed by atoms with Gasteiger partial charge in [-0.25, -0.2) is 4.79 Å². The fraction of sp³-hybridized carbons (Fsp3) is 0.0714. The predicted molar refractivity (Wildman–Crippen MR) is 75.6 cm³/mol. The van der Waals surface area contributed by atoms with E-state index in [2.05, 4.69) is 10.3 Å². The Balaban J connectivity index is 2.36. The number of alkyl halides is 3. The Bertz CT molecular complexity index is 778. The van der Waals surface area contributed by atoms with Crippen LogP contribution in [-0.4, -0.2) is 22.0 Å². The van der Waals surface area contributed by atoms with E-state index in [1.165, 1.54) is 6.20 Å². The molecule has 0 atom stereocenters. The Morgan fingerprint density at radius 3 is 2.48 bits per heavy atom. The molecule has 0 fully saturated rings. The average molecular weight is 345 g/mol. The molecule has 1 aromatic heterocycles. The van der Waals surface area contributed by atoms with Crippen LogP contribution in [0.5, 0.6) is 0 Å². The fourth-order valence-electron chi connectivity index (χ4n) is 1.75. The number of amides is 1. The highest BCUT2D eigenvalue weighted by Crippen LogP contribution is 2.34. The van der Waals surface area contributed by atoms with Gasteiger partial charge >= 0.3 is 12.1 Å². The van der Waals surface area contributed by atoms with Crippen LogP contribution < -0.4 is 5.32 Å². The molecule has 2 N–H and O–H groups in total. The molecule has 0 aliphatic rings. The molecule has 120 valence electrons. The molecule has 0 unspecified atom stereocenters. The Labute approximate surface area is 132 Å². The maximum absolute atomic E-state index is 12.7. The summed E-state index contributed by atoms with van der Waals surface area (Å²) >= 11 is 5.77. The molecule has 0 spiro atoms. The topological polar surface area (TPSA) is 79.3 Å². The molecule has 1 amide bonds. The van der Waals surface area contributed by atoms with Gasteiger partial charge in [-0.3, -0.25) is 9.78 Å². The van der Waals surface area contributed by atoms with Crippen molar-refractivity contribution >= 4 is 29.2 Å². The molecule has 23 heavy (non-hydrogen) atoms. The number of rotatable bonds is 3. The van der Waals surface area contributed by atoms with E-state index < -0.39 is 23.6 Å². The van der Waals surface area contributed by atoms with Gasteiger partial charge in [0.05, 0.1) is 27.4 Å². The van der Waals surface area contributed by atoms with Crippen LogP contribution in [0, 0.1) is 0 Å². The average Bonchev–Trinajstić information content (AvgIpc) is 2.48. The lowest BCUT2D eigenvalue weighted by Crippen LogP contribution is -2.17. The van der Waals surface area contributed by atoms with Crippen molar-refractivity contribution in [1.82, 2.24) is 4.98 Å². The van der Waals surface area contributed by atoms with Gasteiger partial charge in [0.1, 0.15) is 0 Å². The smallest absolute Gasteiger partial charge is 0.416 e.